The first-order chi connectivity index (χ1) is 11.4. The van der Waals surface area contributed by atoms with E-state index in [1.54, 1.807) is 14.2 Å². The number of carbonyl (C=O) groups is 2. The fourth-order valence-corrected chi connectivity index (χ4v) is 2.31. The van der Waals surface area contributed by atoms with Crippen LogP contribution in [0.4, 0.5) is 0 Å². The third-order valence-corrected chi connectivity index (χ3v) is 3.63. The van der Waals surface area contributed by atoms with Gasteiger partial charge in [-0.15, -0.1) is 0 Å². The highest BCUT2D eigenvalue weighted by Gasteiger charge is 2.17. The number of carbonyl (C=O) groups excluding carboxylic acids is 2. The van der Waals surface area contributed by atoms with Gasteiger partial charge < -0.3 is 25.0 Å². The summed E-state index contributed by atoms with van der Waals surface area (Å²) < 4.78 is 10.6. The Morgan fingerprint density at radius 1 is 1.12 bits per heavy atom. The summed E-state index contributed by atoms with van der Waals surface area (Å²) in [5.41, 5.74) is 1.01. The highest BCUT2D eigenvalue weighted by atomic mass is 16.5. The monoisotopic (exact) mass is 337 g/mol. The highest BCUT2D eigenvalue weighted by molar-refractivity contribution is 5.77. The molecule has 0 bridgehead atoms. The number of rotatable bonds is 9. The Labute approximate surface area is 143 Å². The third kappa shape index (κ3) is 6.08. The summed E-state index contributed by atoms with van der Waals surface area (Å²) >= 11 is 0. The molecule has 134 valence electrons. The van der Waals surface area contributed by atoms with Crippen LogP contribution in [0.2, 0.25) is 0 Å². The van der Waals surface area contributed by atoms with E-state index in [0.29, 0.717) is 24.6 Å². The molecular formula is C17H27N3O4. The van der Waals surface area contributed by atoms with E-state index in [1.807, 2.05) is 37.2 Å². The second-order valence-corrected chi connectivity index (χ2v) is 5.63. The van der Waals surface area contributed by atoms with E-state index < -0.39 is 0 Å². The molecule has 2 N–H and O–H groups in total. The largest absolute Gasteiger partial charge is 0.493 e. The van der Waals surface area contributed by atoms with Crippen molar-refractivity contribution in [2.45, 2.75) is 19.4 Å². The minimum atomic E-state index is -0.140. The summed E-state index contributed by atoms with van der Waals surface area (Å²) in [7, 11) is 7.09. The summed E-state index contributed by atoms with van der Waals surface area (Å²) in [5, 5.41) is 5.50. The predicted molar refractivity (Wildman–Crippen MR) is 92.3 cm³/mol. The number of benzene rings is 1. The molecule has 0 saturated heterocycles. The quantitative estimate of drug-likeness (QED) is 0.701. The van der Waals surface area contributed by atoms with Crippen LogP contribution in [-0.4, -0.2) is 58.1 Å². The van der Waals surface area contributed by atoms with Crippen molar-refractivity contribution in [3.05, 3.63) is 23.8 Å². The van der Waals surface area contributed by atoms with Gasteiger partial charge in [-0.1, -0.05) is 6.07 Å². The van der Waals surface area contributed by atoms with E-state index in [0.717, 1.165) is 5.56 Å². The number of nitrogens with one attached hydrogen (secondary N) is 2. The van der Waals surface area contributed by atoms with Gasteiger partial charge in [-0.3, -0.25) is 9.59 Å². The minimum Gasteiger partial charge on any atom is -0.493 e. The Balaban J connectivity index is 2.70. The van der Waals surface area contributed by atoms with Crippen molar-refractivity contribution >= 4 is 11.8 Å². The zero-order valence-corrected chi connectivity index (χ0v) is 15.0. The zero-order valence-electron chi connectivity index (χ0n) is 15.0. The molecule has 0 aliphatic carbocycles. The normalized spacial score (nSPS) is 11.8. The van der Waals surface area contributed by atoms with Crippen LogP contribution < -0.4 is 20.1 Å². The average molecular weight is 337 g/mol. The lowest BCUT2D eigenvalue weighted by Gasteiger charge is -2.26. The molecule has 1 aromatic rings. The molecule has 1 rings (SSSR count). The number of ether oxygens (including phenoxy) is 2. The van der Waals surface area contributed by atoms with Gasteiger partial charge in [0.15, 0.2) is 11.5 Å². The van der Waals surface area contributed by atoms with Gasteiger partial charge in [-0.05, 0) is 31.8 Å². The maximum Gasteiger partial charge on any atom is 0.221 e. The van der Waals surface area contributed by atoms with Crippen molar-refractivity contribution in [3.8, 4) is 11.5 Å². The molecule has 0 aromatic heterocycles. The van der Waals surface area contributed by atoms with Gasteiger partial charge >= 0.3 is 0 Å². The van der Waals surface area contributed by atoms with E-state index in [2.05, 4.69) is 10.6 Å². The van der Waals surface area contributed by atoms with Gasteiger partial charge in [0.05, 0.1) is 20.3 Å². The van der Waals surface area contributed by atoms with Gasteiger partial charge in [-0.2, -0.15) is 0 Å². The van der Waals surface area contributed by atoms with E-state index >= 15 is 0 Å². The lowest BCUT2D eigenvalue weighted by Crippen LogP contribution is -2.36. The number of amides is 2. The Hall–Kier alpha value is -2.28. The van der Waals surface area contributed by atoms with E-state index in [4.69, 9.17) is 9.47 Å². The number of likely N-dealkylation sites (N-methyl/N-ethyl adjacent to an activating group) is 1. The first kappa shape index (κ1) is 19.8. The standard InChI is InChI=1S/C17H27N3O4/c1-12(21)18-9-8-17(22)19-11-14(20(2)3)13-6-7-15(23-4)16(10-13)24-5/h6-7,10,14H,8-9,11H2,1-5H3,(H,18,21)(H,19,22). The molecule has 2 amide bonds. The van der Waals surface area contributed by atoms with Crippen LogP contribution in [0.5, 0.6) is 11.5 Å². The highest BCUT2D eigenvalue weighted by Crippen LogP contribution is 2.31. The summed E-state index contributed by atoms with van der Waals surface area (Å²) in [4.78, 5) is 24.7. The van der Waals surface area contributed by atoms with Gasteiger partial charge in [0, 0.05) is 26.4 Å². The molecule has 0 heterocycles. The fraction of sp³-hybridized carbons (Fsp3) is 0.529. The first-order valence-electron chi connectivity index (χ1n) is 7.78. The lowest BCUT2D eigenvalue weighted by molar-refractivity contribution is -0.121. The molecule has 7 nitrogen and oxygen atoms in total. The van der Waals surface area contributed by atoms with E-state index in [1.165, 1.54) is 6.92 Å². The average Bonchev–Trinajstić information content (AvgIpc) is 2.54. The van der Waals surface area contributed by atoms with Crippen LogP contribution in [0.1, 0.15) is 24.9 Å². The molecule has 7 heteroatoms. The van der Waals surface area contributed by atoms with Crippen LogP contribution in [0.25, 0.3) is 0 Å². The van der Waals surface area contributed by atoms with Crippen LogP contribution in [0.15, 0.2) is 18.2 Å². The van der Waals surface area contributed by atoms with Crippen molar-refractivity contribution in [3.63, 3.8) is 0 Å². The Morgan fingerprint density at radius 2 is 1.79 bits per heavy atom. The Morgan fingerprint density at radius 3 is 2.33 bits per heavy atom. The molecule has 0 aliphatic rings. The maximum absolute atomic E-state index is 11.9. The predicted octanol–water partition coefficient (Wildman–Crippen LogP) is 0.949. The van der Waals surface area contributed by atoms with E-state index in [9.17, 15) is 9.59 Å². The van der Waals surface area contributed by atoms with Crippen LogP contribution >= 0.6 is 0 Å². The fourth-order valence-electron chi connectivity index (χ4n) is 2.31. The molecule has 1 unspecified atom stereocenters. The summed E-state index contributed by atoms with van der Waals surface area (Å²) in [6, 6.07) is 5.71. The van der Waals surface area contributed by atoms with E-state index in [-0.39, 0.29) is 24.3 Å². The second kappa shape index (κ2) is 9.77. The van der Waals surface area contributed by atoms with Crippen molar-refractivity contribution < 1.29 is 19.1 Å². The number of hydrogen-bond acceptors (Lipinski definition) is 5. The zero-order chi connectivity index (χ0) is 18.1. The smallest absolute Gasteiger partial charge is 0.221 e. The maximum atomic E-state index is 11.9. The van der Waals surface area contributed by atoms with Gasteiger partial charge in [0.1, 0.15) is 0 Å². The van der Waals surface area contributed by atoms with Gasteiger partial charge in [0.2, 0.25) is 11.8 Å². The molecular weight excluding hydrogens is 310 g/mol. The molecule has 0 saturated carbocycles. The molecule has 24 heavy (non-hydrogen) atoms. The van der Waals surface area contributed by atoms with Crippen molar-refractivity contribution in [2.24, 2.45) is 0 Å². The second-order valence-electron chi connectivity index (χ2n) is 5.63. The van der Waals surface area contributed by atoms with Crippen molar-refractivity contribution in [2.75, 3.05) is 41.4 Å². The van der Waals surface area contributed by atoms with Crippen LogP contribution in [0.3, 0.4) is 0 Å². The molecule has 0 radical (unpaired) electrons. The third-order valence-electron chi connectivity index (χ3n) is 3.63. The Bertz CT molecular complexity index is 561. The van der Waals surface area contributed by atoms with Gasteiger partial charge in [-0.25, -0.2) is 0 Å². The van der Waals surface area contributed by atoms with Crippen molar-refractivity contribution in [1.82, 2.24) is 15.5 Å². The summed E-state index contributed by atoms with van der Waals surface area (Å²) in [5.74, 6) is 1.08. The number of methoxy groups -OCH3 is 2. The van der Waals surface area contributed by atoms with Crippen LogP contribution in [0, 0.1) is 0 Å². The van der Waals surface area contributed by atoms with Crippen LogP contribution in [-0.2, 0) is 9.59 Å². The molecule has 1 atom stereocenters. The van der Waals surface area contributed by atoms with Crippen molar-refractivity contribution in [1.29, 1.82) is 0 Å². The lowest BCUT2D eigenvalue weighted by atomic mass is 10.0. The number of hydrogen-bond donors (Lipinski definition) is 2. The molecule has 1 aromatic carbocycles. The first-order valence-corrected chi connectivity index (χ1v) is 7.78. The molecule has 0 aliphatic heterocycles. The topological polar surface area (TPSA) is 79.9 Å². The summed E-state index contributed by atoms with van der Waals surface area (Å²) in [6.07, 6.45) is 0.256. The molecule has 0 spiro atoms. The SMILES string of the molecule is COc1ccc(C(CNC(=O)CCNC(C)=O)N(C)C)cc1OC. The molecule has 0 fully saturated rings. The van der Waals surface area contributed by atoms with Gasteiger partial charge in [0.25, 0.3) is 0 Å². The number of nitrogens with zero attached hydrogens (tertiary/aromatic N) is 1. The minimum absolute atomic E-state index is 0.00507. The Kier molecular flexibility index (Phi) is 8.05. The summed E-state index contributed by atoms with van der Waals surface area (Å²) in [6.45, 7) is 2.22.